The molecule has 28 heavy (non-hydrogen) atoms. The van der Waals surface area contributed by atoms with Gasteiger partial charge in [0.05, 0.1) is 23.3 Å². The molecule has 2 amide bonds. The van der Waals surface area contributed by atoms with Crippen LogP contribution in [0.3, 0.4) is 0 Å². The summed E-state index contributed by atoms with van der Waals surface area (Å²) in [4.78, 5) is 37.1. The predicted molar refractivity (Wildman–Crippen MR) is 101 cm³/mol. The van der Waals surface area contributed by atoms with Crippen molar-refractivity contribution >= 4 is 17.8 Å². The van der Waals surface area contributed by atoms with Crippen molar-refractivity contribution in [2.24, 2.45) is 0 Å². The minimum absolute atomic E-state index is 0.0524. The number of carbonyl (C=O) groups excluding carboxylic acids is 3. The van der Waals surface area contributed by atoms with Gasteiger partial charge in [-0.05, 0) is 48.9 Å². The van der Waals surface area contributed by atoms with Crippen molar-refractivity contribution < 1.29 is 28.6 Å². The number of benzene rings is 2. The van der Waals surface area contributed by atoms with Crippen molar-refractivity contribution in [1.82, 2.24) is 4.90 Å². The number of imide groups is 1. The molecule has 0 radical (unpaired) electrons. The Morgan fingerprint density at radius 3 is 2.11 bits per heavy atom. The van der Waals surface area contributed by atoms with Crippen molar-refractivity contribution in [3.05, 3.63) is 59.2 Å². The summed E-state index contributed by atoms with van der Waals surface area (Å²) in [6, 6.07) is 11.5. The number of carbonyl (C=O) groups is 3. The molecule has 0 bridgehead atoms. The summed E-state index contributed by atoms with van der Waals surface area (Å²) >= 11 is 0. The van der Waals surface area contributed by atoms with Crippen LogP contribution in [-0.2, 0) is 4.74 Å². The SMILES string of the molecule is CCCOc1ccc(OCCOC(=O)c2ccc3c(c2)C(=O)N(C)C3=O)cc1. The first kappa shape index (κ1) is 19.4. The highest BCUT2D eigenvalue weighted by Gasteiger charge is 2.33. The lowest BCUT2D eigenvalue weighted by molar-refractivity contribution is 0.0450. The standard InChI is InChI=1S/C21H21NO6/c1-3-10-26-15-5-7-16(8-6-15)27-11-12-28-21(25)14-4-9-17-18(13-14)20(24)22(2)19(17)23/h4-9,13H,3,10-12H2,1-2H3. The van der Waals surface area contributed by atoms with Gasteiger partial charge in [0, 0.05) is 7.05 Å². The molecule has 2 aromatic carbocycles. The summed E-state index contributed by atoms with van der Waals surface area (Å²) in [7, 11) is 1.41. The summed E-state index contributed by atoms with van der Waals surface area (Å²) in [5.74, 6) is 0.0359. The van der Waals surface area contributed by atoms with Gasteiger partial charge in [-0.3, -0.25) is 14.5 Å². The van der Waals surface area contributed by atoms with Crippen LogP contribution in [0, 0.1) is 0 Å². The van der Waals surface area contributed by atoms with E-state index in [1.807, 2.05) is 19.1 Å². The third-order valence-electron chi connectivity index (χ3n) is 4.21. The zero-order valence-electron chi connectivity index (χ0n) is 15.8. The minimum Gasteiger partial charge on any atom is -0.494 e. The van der Waals surface area contributed by atoms with Gasteiger partial charge in [0.15, 0.2) is 0 Å². The molecule has 0 aromatic heterocycles. The van der Waals surface area contributed by atoms with E-state index >= 15 is 0 Å². The third kappa shape index (κ3) is 4.14. The van der Waals surface area contributed by atoms with Gasteiger partial charge in [0.1, 0.15) is 24.7 Å². The first-order chi connectivity index (χ1) is 13.5. The summed E-state index contributed by atoms with van der Waals surface area (Å²) in [5.41, 5.74) is 0.718. The fraction of sp³-hybridized carbons (Fsp3) is 0.286. The molecule has 7 heteroatoms. The molecule has 0 saturated carbocycles. The van der Waals surface area contributed by atoms with Crippen molar-refractivity contribution in [1.29, 1.82) is 0 Å². The van der Waals surface area contributed by atoms with E-state index in [0.29, 0.717) is 17.9 Å². The van der Waals surface area contributed by atoms with Gasteiger partial charge in [-0.2, -0.15) is 0 Å². The Hall–Kier alpha value is -3.35. The molecule has 0 atom stereocenters. The van der Waals surface area contributed by atoms with Crippen LogP contribution in [0.4, 0.5) is 0 Å². The largest absolute Gasteiger partial charge is 0.494 e. The fourth-order valence-corrected chi connectivity index (χ4v) is 2.72. The number of hydrogen-bond acceptors (Lipinski definition) is 6. The molecule has 0 fully saturated rings. The molecule has 0 N–H and O–H groups in total. The molecule has 0 unspecified atom stereocenters. The second-order valence-electron chi connectivity index (χ2n) is 6.23. The molecule has 146 valence electrons. The number of fused-ring (bicyclic) bond motifs is 1. The van der Waals surface area contributed by atoms with E-state index in [9.17, 15) is 14.4 Å². The van der Waals surface area contributed by atoms with Crippen molar-refractivity contribution in [3.63, 3.8) is 0 Å². The van der Waals surface area contributed by atoms with Gasteiger partial charge >= 0.3 is 5.97 Å². The van der Waals surface area contributed by atoms with Crippen LogP contribution in [0.5, 0.6) is 11.5 Å². The summed E-state index contributed by atoms with van der Waals surface area (Å²) in [6.45, 7) is 2.94. The first-order valence-corrected chi connectivity index (χ1v) is 9.00. The number of hydrogen-bond donors (Lipinski definition) is 0. The Balaban J connectivity index is 1.49. The average Bonchev–Trinajstić information content (AvgIpc) is 2.94. The van der Waals surface area contributed by atoms with E-state index in [0.717, 1.165) is 17.1 Å². The van der Waals surface area contributed by atoms with Gasteiger partial charge in [0.25, 0.3) is 11.8 Å². The highest BCUT2D eigenvalue weighted by Crippen LogP contribution is 2.23. The molecular formula is C21H21NO6. The fourth-order valence-electron chi connectivity index (χ4n) is 2.72. The Bertz CT molecular complexity index is 890. The van der Waals surface area contributed by atoms with Crippen molar-refractivity contribution in [2.45, 2.75) is 13.3 Å². The summed E-state index contributed by atoms with van der Waals surface area (Å²) in [5, 5.41) is 0. The van der Waals surface area contributed by atoms with Crippen LogP contribution in [0.25, 0.3) is 0 Å². The molecule has 2 aromatic rings. The molecule has 0 saturated heterocycles. The number of amides is 2. The minimum atomic E-state index is -0.579. The van der Waals surface area contributed by atoms with Gasteiger partial charge in [-0.1, -0.05) is 6.92 Å². The van der Waals surface area contributed by atoms with Gasteiger partial charge in [0.2, 0.25) is 0 Å². The van der Waals surface area contributed by atoms with Gasteiger partial charge in [-0.15, -0.1) is 0 Å². The smallest absolute Gasteiger partial charge is 0.338 e. The molecule has 1 aliphatic rings. The highest BCUT2D eigenvalue weighted by molar-refractivity contribution is 6.21. The molecule has 0 spiro atoms. The highest BCUT2D eigenvalue weighted by atomic mass is 16.6. The van der Waals surface area contributed by atoms with Crippen LogP contribution >= 0.6 is 0 Å². The number of ether oxygens (including phenoxy) is 3. The van der Waals surface area contributed by atoms with Crippen LogP contribution in [0.15, 0.2) is 42.5 Å². The molecule has 1 aliphatic heterocycles. The van der Waals surface area contributed by atoms with Crippen molar-refractivity contribution in [2.75, 3.05) is 26.9 Å². The van der Waals surface area contributed by atoms with E-state index in [2.05, 4.69) is 0 Å². The predicted octanol–water partition coefficient (Wildman–Crippen LogP) is 2.94. The topological polar surface area (TPSA) is 82.1 Å². The lowest BCUT2D eigenvalue weighted by Crippen LogP contribution is -2.24. The molecule has 7 nitrogen and oxygen atoms in total. The Morgan fingerprint density at radius 2 is 1.46 bits per heavy atom. The van der Waals surface area contributed by atoms with Gasteiger partial charge < -0.3 is 14.2 Å². The monoisotopic (exact) mass is 383 g/mol. The number of nitrogens with zero attached hydrogens (tertiary/aromatic N) is 1. The second-order valence-corrected chi connectivity index (χ2v) is 6.23. The zero-order chi connectivity index (χ0) is 20.1. The number of rotatable bonds is 8. The lowest BCUT2D eigenvalue weighted by atomic mass is 10.1. The lowest BCUT2D eigenvalue weighted by Gasteiger charge is -2.09. The number of esters is 1. The Morgan fingerprint density at radius 1 is 0.857 bits per heavy atom. The zero-order valence-corrected chi connectivity index (χ0v) is 15.8. The molecule has 1 heterocycles. The second kappa shape index (κ2) is 8.56. The summed E-state index contributed by atoms with van der Waals surface area (Å²) in [6.07, 6.45) is 0.939. The van der Waals surface area contributed by atoms with Crippen LogP contribution in [0.1, 0.15) is 44.4 Å². The average molecular weight is 383 g/mol. The molecule has 3 rings (SSSR count). The maximum Gasteiger partial charge on any atom is 0.338 e. The van der Waals surface area contributed by atoms with Crippen LogP contribution in [0.2, 0.25) is 0 Å². The normalized spacial score (nSPS) is 12.7. The van der Waals surface area contributed by atoms with E-state index in [-0.39, 0.29) is 30.2 Å². The van der Waals surface area contributed by atoms with Crippen molar-refractivity contribution in [3.8, 4) is 11.5 Å². The Labute approximate surface area is 162 Å². The third-order valence-corrected chi connectivity index (χ3v) is 4.21. The maximum absolute atomic E-state index is 12.2. The van der Waals surface area contributed by atoms with Crippen LogP contribution in [-0.4, -0.2) is 49.6 Å². The Kier molecular flexibility index (Phi) is 5.93. The first-order valence-electron chi connectivity index (χ1n) is 9.00. The van der Waals surface area contributed by atoms with E-state index in [4.69, 9.17) is 14.2 Å². The van der Waals surface area contributed by atoms with E-state index < -0.39 is 11.9 Å². The summed E-state index contributed by atoms with van der Waals surface area (Å²) < 4.78 is 16.2. The van der Waals surface area contributed by atoms with Crippen LogP contribution < -0.4 is 9.47 Å². The molecular weight excluding hydrogens is 362 g/mol. The molecule has 0 aliphatic carbocycles. The van der Waals surface area contributed by atoms with Gasteiger partial charge in [-0.25, -0.2) is 4.79 Å². The maximum atomic E-state index is 12.2. The van der Waals surface area contributed by atoms with E-state index in [1.54, 1.807) is 12.1 Å². The van der Waals surface area contributed by atoms with E-state index in [1.165, 1.54) is 25.2 Å². The quantitative estimate of drug-likeness (QED) is 0.396.